The minimum atomic E-state index is -0.355. The van der Waals surface area contributed by atoms with E-state index in [1.165, 1.54) is 5.56 Å². The third-order valence-corrected chi connectivity index (χ3v) is 3.32. The van der Waals surface area contributed by atoms with Gasteiger partial charge in [0.2, 0.25) is 0 Å². The number of ether oxygens (including phenoxy) is 1. The molecule has 4 heteroatoms. The number of amides is 1. The summed E-state index contributed by atoms with van der Waals surface area (Å²) in [6.07, 6.45) is 2.30. The number of aryl methyl sites for hydroxylation is 1. The van der Waals surface area contributed by atoms with Crippen molar-refractivity contribution >= 4 is 5.91 Å². The van der Waals surface area contributed by atoms with Crippen LogP contribution >= 0.6 is 0 Å². The molecular formula is C14H21N2O2+. The molecule has 1 aliphatic heterocycles. The van der Waals surface area contributed by atoms with Crippen LogP contribution in [0.1, 0.15) is 30.0 Å². The maximum atomic E-state index is 12.0. The zero-order chi connectivity index (χ0) is 13.0. The monoisotopic (exact) mass is 249 g/mol. The summed E-state index contributed by atoms with van der Waals surface area (Å²) in [6.45, 7) is 3.43. The predicted octanol–water partition coefficient (Wildman–Crippen LogP) is 0.573. The van der Waals surface area contributed by atoms with E-state index in [0.29, 0.717) is 6.54 Å². The van der Waals surface area contributed by atoms with Crippen molar-refractivity contribution in [1.82, 2.24) is 5.32 Å². The highest BCUT2D eigenvalue weighted by molar-refractivity contribution is 5.81. The Morgan fingerprint density at radius 3 is 2.83 bits per heavy atom. The second kappa shape index (κ2) is 5.98. The maximum absolute atomic E-state index is 12.0. The first-order valence-corrected chi connectivity index (χ1v) is 6.46. The zero-order valence-electron chi connectivity index (χ0n) is 10.8. The number of quaternary nitrogens is 1. The first kappa shape index (κ1) is 13.1. The lowest BCUT2D eigenvalue weighted by Crippen LogP contribution is -2.60. The Kier molecular flexibility index (Phi) is 4.33. The maximum Gasteiger partial charge on any atom is 0.283 e. The minimum Gasteiger partial charge on any atom is -0.376 e. The molecule has 4 N–H and O–H groups in total. The fraction of sp³-hybridized carbons (Fsp3) is 0.500. The van der Waals surface area contributed by atoms with Crippen LogP contribution in [0.5, 0.6) is 0 Å². The molecule has 1 aromatic carbocycles. The lowest BCUT2D eigenvalue weighted by Gasteiger charge is -2.13. The van der Waals surface area contributed by atoms with Gasteiger partial charge in [-0.1, -0.05) is 29.8 Å². The van der Waals surface area contributed by atoms with Gasteiger partial charge in [-0.25, -0.2) is 0 Å². The van der Waals surface area contributed by atoms with Crippen LogP contribution in [0.15, 0.2) is 24.3 Å². The van der Waals surface area contributed by atoms with E-state index in [4.69, 9.17) is 4.74 Å². The molecular weight excluding hydrogens is 228 g/mol. The molecule has 1 aliphatic rings. The number of nitrogens with one attached hydrogen (secondary N) is 1. The number of benzene rings is 1. The summed E-state index contributed by atoms with van der Waals surface area (Å²) < 4.78 is 5.47. The van der Waals surface area contributed by atoms with Crippen molar-refractivity contribution in [3.8, 4) is 0 Å². The van der Waals surface area contributed by atoms with E-state index in [1.807, 2.05) is 31.2 Å². The van der Waals surface area contributed by atoms with Crippen LogP contribution in [-0.2, 0) is 9.53 Å². The van der Waals surface area contributed by atoms with Crippen LogP contribution < -0.4 is 11.1 Å². The summed E-state index contributed by atoms with van der Waals surface area (Å²) in [7, 11) is 0. The van der Waals surface area contributed by atoms with Gasteiger partial charge in [-0.05, 0) is 19.8 Å². The van der Waals surface area contributed by atoms with E-state index in [0.717, 1.165) is 25.0 Å². The van der Waals surface area contributed by atoms with E-state index < -0.39 is 0 Å². The van der Waals surface area contributed by atoms with E-state index in [-0.39, 0.29) is 18.1 Å². The highest BCUT2D eigenvalue weighted by Crippen LogP contribution is 2.12. The van der Waals surface area contributed by atoms with Gasteiger partial charge in [0.05, 0.1) is 6.10 Å². The highest BCUT2D eigenvalue weighted by Gasteiger charge is 2.22. The molecule has 2 rings (SSSR count). The van der Waals surface area contributed by atoms with Crippen LogP contribution in [0.25, 0.3) is 0 Å². The second-order valence-electron chi connectivity index (χ2n) is 4.84. The highest BCUT2D eigenvalue weighted by atomic mass is 16.5. The molecule has 2 unspecified atom stereocenters. The molecule has 1 heterocycles. The molecule has 0 aromatic heterocycles. The molecule has 0 bridgehead atoms. The number of hydrogen-bond donors (Lipinski definition) is 2. The van der Waals surface area contributed by atoms with E-state index in [1.54, 1.807) is 0 Å². The normalized spacial score (nSPS) is 20.7. The topological polar surface area (TPSA) is 66.0 Å². The fourth-order valence-corrected chi connectivity index (χ4v) is 2.09. The smallest absolute Gasteiger partial charge is 0.283 e. The molecule has 2 atom stereocenters. The van der Waals surface area contributed by atoms with Crippen molar-refractivity contribution in [3.63, 3.8) is 0 Å². The van der Waals surface area contributed by atoms with Gasteiger partial charge in [0, 0.05) is 18.7 Å². The molecule has 0 saturated carbocycles. The lowest BCUT2D eigenvalue weighted by atomic mass is 10.1. The van der Waals surface area contributed by atoms with Crippen molar-refractivity contribution in [2.24, 2.45) is 0 Å². The molecule has 1 amide bonds. The van der Waals surface area contributed by atoms with Crippen LogP contribution in [-0.4, -0.2) is 25.2 Å². The Bertz CT molecular complexity index is 397. The van der Waals surface area contributed by atoms with Crippen molar-refractivity contribution in [2.45, 2.75) is 31.9 Å². The Morgan fingerprint density at radius 2 is 2.22 bits per heavy atom. The van der Waals surface area contributed by atoms with Crippen molar-refractivity contribution in [1.29, 1.82) is 0 Å². The molecule has 18 heavy (non-hydrogen) atoms. The first-order chi connectivity index (χ1) is 8.66. The van der Waals surface area contributed by atoms with Gasteiger partial charge in [-0.3, -0.25) is 4.79 Å². The Balaban J connectivity index is 1.85. The summed E-state index contributed by atoms with van der Waals surface area (Å²) in [6, 6.07) is 7.56. The number of carbonyl (C=O) groups is 1. The summed E-state index contributed by atoms with van der Waals surface area (Å²) in [5.74, 6) is -0.0330. The number of carbonyl (C=O) groups excluding carboxylic acids is 1. The van der Waals surface area contributed by atoms with E-state index in [2.05, 4.69) is 11.1 Å². The number of hydrogen-bond acceptors (Lipinski definition) is 2. The fourth-order valence-electron chi connectivity index (χ4n) is 2.09. The third kappa shape index (κ3) is 3.31. The van der Waals surface area contributed by atoms with Crippen LogP contribution in [0.3, 0.4) is 0 Å². The van der Waals surface area contributed by atoms with E-state index >= 15 is 0 Å². The third-order valence-electron chi connectivity index (χ3n) is 3.32. The summed E-state index contributed by atoms with van der Waals surface area (Å²) >= 11 is 0. The van der Waals surface area contributed by atoms with Crippen molar-refractivity contribution in [2.75, 3.05) is 13.2 Å². The van der Waals surface area contributed by atoms with Crippen LogP contribution in [0, 0.1) is 6.92 Å². The molecule has 0 aliphatic carbocycles. The quantitative estimate of drug-likeness (QED) is 0.819. The summed E-state index contributed by atoms with van der Waals surface area (Å²) in [5.41, 5.74) is 6.07. The lowest BCUT2D eigenvalue weighted by molar-refractivity contribution is -0.409. The molecule has 0 spiro atoms. The molecule has 1 fully saturated rings. The van der Waals surface area contributed by atoms with Crippen molar-refractivity contribution in [3.05, 3.63) is 35.4 Å². The van der Waals surface area contributed by atoms with Crippen LogP contribution in [0.4, 0.5) is 0 Å². The molecule has 4 nitrogen and oxygen atoms in total. The molecule has 1 aromatic rings. The van der Waals surface area contributed by atoms with Gasteiger partial charge in [-0.15, -0.1) is 0 Å². The van der Waals surface area contributed by atoms with E-state index in [9.17, 15) is 4.79 Å². The second-order valence-corrected chi connectivity index (χ2v) is 4.84. The van der Waals surface area contributed by atoms with Gasteiger partial charge in [-0.2, -0.15) is 0 Å². The van der Waals surface area contributed by atoms with Gasteiger partial charge >= 0.3 is 0 Å². The SMILES string of the molecule is Cc1ccc(C([NH3+])C(=O)NCC2CCCO2)cc1. The average molecular weight is 249 g/mol. The largest absolute Gasteiger partial charge is 0.376 e. The Hall–Kier alpha value is -1.39. The predicted molar refractivity (Wildman–Crippen MR) is 68.8 cm³/mol. The minimum absolute atomic E-state index is 0.0330. The van der Waals surface area contributed by atoms with Gasteiger partial charge in [0.25, 0.3) is 5.91 Å². The van der Waals surface area contributed by atoms with Gasteiger partial charge in [0.1, 0.15) is 0 Å². The van der Waals surface area contributed by atoms with Gasteiger partial charge < -0.3 is 15.8 Å². The summed E-state index contributed by atoms with van der Waals surface area (Å²) in [4.78, 5) is 12.0. The Labute approximate surface area is 108 Å². The average Bonchev–Trinajstić information content (AvgIpc) is 2.89. The number of rotatable bonds is 4. The van der Waals surface area contributed by atoms with Crippen molar-refractivity contribution < 1.29 is 15.3 Å². The Morgan fingerprint density at radius 1 is 1.50 bits per heavy atom. The van der Waals surface area contributed by atoms with Gasteiger partial charge in [0.15, 0.2) is 6.04 Å². The molecule has 1 saturated heterocycles. The molecule has 0 radical (unpaired) electrons. The van der Waals surface area contributed by atoms with Crippen LogP contribution in [0.2, 0.25) is 0 Å². The zero-order valence-corrected chi connectivity index (χ0v) is 10.8. The molecule has 98 valence electrons. The summed E-state index contributed by atoms with van der Waals surface area (Å²) in [5, 5.41) is 2.91. The standard InChI is InChI=1S/C14H20N2O2/c1-10-4-6-11(7-5-10)13(15)14(17)16-9-12-3-2-8-18-12/h4-7,12-13H,2-3,8-9,15H2,1H3,(H,16,17)/p+1. The first-order valence-electron chi connectivity index (χ1n) is 6.46.